The zero-order valence-electron chi connectivity index (χ0n) is 15.2. The third-order valence-corrected chi connectivity index (χ3v) is 7.12. The number of hydrogen-bond acceptors (Lipinski definition) is 6. The summed E-state index contributed by atoms with van der Waals surface area (Å²) in [5, 5.41) is 2.08. The molecule has 3 heterocycles. The maximum Gasteiger partial charge on any atom is 0.186 e. The van der Waals surface area contributed by atoms with Crippen LogP contribution in [-0.4, -0.2) is 36.1 Å². The highest BCUT2D eigenvalue weighted by molar-refractivity contribution is 7.22. The summed E-state index contributed by atoms with van der Waals surface area (Å²) in [5.41, 5.74) is 4.52. The Balaban J connectivity index is 1.35. The first kappa shape index (κ1) is 16.9. The minimum absolute atomic E-state index is 0.205. The Labute approximate surface area is 164 Å². The predicted octanol–water partition coefficient (Wildman–Crippen LogP) is 4.99. The van der Waals surface area contributed by atoms with E-state index in [4.69, 9.17) is 4.98 Å². The van der Waals surface area contributed by atoms with Crippen molar-refractivity contribution in [2.24, 2.45) is 0 Å². The average Bonchev–Trinajstić information content (AvgIpc) is 3.25. The second-order valence-electron chi connectivity index (χ2n) is 7.01. The molecule has 0 saturated carbocycles. The van der Waals surface area contributed by atoms with Gasteiger partial charge >= 0.3 is 0 Å². The zero-order chi connectivity index (χ0) is 18.5. The Bertz CT molecular complexity index is 1140. The van der Waals surface area contributed by atoms with Crippen LogP contribution in [0.2, 0.25) is 0 Å². The highest BCUT2D eigenvalue weighted by Crippen LogP contribution is 2.34. The molecule has 0 amide bonds. The van der Waals surface area contributed by atoms with Crippen molar-refractivity contribution in [3.05, 3.63) is 47.3 Å². The number of fused-ring (bicyclic) bond motifs is 2. The molecule has 0 N–H and O–H groups in total. The van der Waals surface area contributed by atoms with E-state index in [1.54, 1.807) is 34.8 Å². The molecule has 0 bridgehead atoms. The molecule has 7 heteroatoms. The minimum Gasteiger partial charge on any atom is -0.345 e. The molecule has 138 valence electrons. The molecule has 0 aliphatic carbocycles. The van der Waals surface area contributed by atoms with Gasteiger partial charge in [0.1, 0.15) is 5.82 Å². The second kappa shape index (κ2) is 6.42. The van der Waals surface area contributed by atoms with Crippen molar-refractivity contribution < 1.29 is 4.39 Å². The highest BCUT2D eigenvalue weighted by atomic mass is 32.1. The van der Waals surface area contributed by atoms with Gasteiger partial charge in [0, 0.05) is 26.2 Å². The largest absolute Gasteiger partial charge is 0.345 e. The fourth-order valence-corrected chi connectivity index (χ4v) is 5.84. The molecule has 0 unspecified atom stereocenters. The number of rotatable bonds is 2. The van der Waals surface area contributed by atoms with Crippen LogP contribution in [0.4, 0.5) is 14.7 Å². The van der Waals surface area contributed by atoms with Gasteiger partial charge in [-0.1, -0.05) is 28.7 Å². The smallest absolute Gasteiger partial charge is 0.186 e. The van der Waals surface area contributed by atoms with Gasteiger partial charge in [-0.3, -0.25) is 0 Å². The lowest BCUT2D eigenvalue weighted by molar-refractivity contribution is 0.630. The zero-order valence-corrected chi connectivity index (χ0v) is 16.8. The van der Waals surface area contributed by atoms with E-state index in [2.05, 4.69) is 40.8 Å². The van der Waals surface area contributed by atoms with Gasteiger partial charge in [0.25, 0.3) is 0 Å². The van der Waals surface area contributed by atoms with Gasteiger partial charge in [-0.15, -0.1) is 0 Å². The quantitative estimate of drug-likeness (QED) is 0.476. The average molecular weight is 399 g/mol. The molecular weight excluding hydrogens is 379 g/mol. The summed E-state index contributed by atoms with van der Waals surface area (Å²) >= 11 is 3.34. The number of anilines is 2. The number of nitrogens with zero attached hydrogens (tertiary/aromatic N) is 4. The van der Waals surface area contributed by atoms with Gasteiger partial charge in [0.2, 0.25) is 0 Å². The van der Waals surface area contributed by atoms with Crippen LogP contribution in [0, 0.1) is 19.7 Å². The van der Waals surface area contributed by atoms with E-state index < -0.39 is 0 Å². The molecule has 1 fully saturated rings. The summed E-state index contributed by atoms with van der Waals surface area (Å²) in [7, 11) is 0. The molecule has 1 aliphatic heterocycles. The molecule has 0 radical (unpaired) electrons. The van der Waals surface area contributed by atoms with Gasteiger partial charge in [0.15, 0.2) is 10.3 Å². The van der Waals surface area contributed by atoms with Crippen LogP contribution in [0.25, 0.3) is 20.4 Å². The monoisotopic (exact) mass is 398 g/mol. The number of piperazine rings is 1. The van der Waals surface area contributed by atoms with Crippen LogP contribution in [0.5, 0.6) is 0 Å². The summed E-state index contributed by atoms with van der Waals surface area (Å²) in [6, 6.07) is 9.21. The van der Waals surface area contributed by atoms with Crippen LogP contribution >= 0.6 is 22.7 Å². The van der Waals surface area contributed by atoms with Crippen molar-refractivity contribution in [2.75, 3.05) is 36.0 Å². The van der Waals surface area contributed by atoms with Gasteiger partial charge in [-0.2, -0.15) is 0 Å². The number of hydrogen-bond donors (Lipinski definition) is 0. The lowest BCUT2D eigenvalue weighted by Gasteiger charge is -2.34. The summed E-state index contributed by atoms with van der Waals surface area (Å²) in [6.07, 6.45) is 0. The molecule has 4 nitrogen and oxygen atoms in total. The van der Waals surface area contributed by atoms with Gasteiger partial charge in [-0.05, 0) is 49.2 Å². The SMILES string of the molecule is Cc1cc(C)c2nc(N3CCN(c4nc5ccc(F)cc5s4)CC3)sc2c1. The van der Waals surface area contributed by atoms with E-state index in [0.717, 1.165) is 52.2 Å². The topological polar surface area (TPSA) is 32.3 Å². The van der Waals surface area contributed by atoms with Crippen molar-refractivity contribution in [1.82, 2.24) is 9.97 Å². The number of aryl methyl sites for hydroxylation is 2. The first-order chi connectivity index (χ1) is 13.1. The van der Waals surface area contributed by atoms with Crippen LogP contribution in [0.3, 0.4) is 0 Å². The molecule has 27 heavy (non-hydrogen) atoms. The lowest BCUT2D eigenvalue weighted by atomic mass is 10.1. The van der Waals surface area contributed by atoms with E-state index in [0.29, 0.717) is 0 Å². The van der Waals surface area contributed by atoms with E-state index in [1.165, 1.54) is 21.9 Å². The van der Waals surface area contributed by atoms with Crippen LogP contribution in [-0.2, 0) is 0 Å². The fourth-order valence-electron chi connectivity index (χ4n) is 3.60. The number of halogens is 1. The van der Waals surface area contributed by atoms with Crippen LogP contribution in [0.15, 0.2) is 30.3 Å². The van der Waals surface area contributed by atoms with E-state index >= 15 is 0 Å². The normalized spacial score (nSPS) is 15.2. The van der Waals surface area contributed by atoms with Crippen molar-refractivity contribution in [3.8, 4) is 0 Å². The Morgan fingerprint density at radius 2 is 1.52 bits per heavy atom. The summed E-state index contributed by atoms with van der Waals surface area (Å²) in [5.74, 6) is -0.205. The molecule has 0 atom stereocenters. The summed E-state index contributed by atoms with van der Waals surface area (Å²) in [6.45, 7) is 7.90. The van der Waals surface area contributed by atoms with E-state index in [1.807, 2.05) is 0 Å². The highest BCUT2D eigenvalue weighted by Gasteiger charge is 2.22. The molecule has 4 aromatic rings. The van der Waals surface area contributed by atoms with Gasteiger partial charge in [-0.25, -0.2) is 14.4 Å². The number of thiazole rings is 2. The molecule has 5 rings (SSSR count). The molecule has 2 aromatic carbocycles. The maximum absolute atomic E-state index is 13.4. The first-order valence-electron chi connectivity index (χ1n) is 9.00. The Hall–Kier alpha value is -2.25. The van der Waals surface area contributed by atoms with E-state index in [-0.39, 0.29) is 5.82 Å². The molecule has 1 saturated heterocycles. The Morgan fingerprint density at radius 1 is 0.852 bits per heavy atom. The third-order valence-electron chi connectivity index (χ3n) is 4.98. The molecule has 1 aliphatic rings. The molecular formula is C20H19FN4S2. The summed E-state index contributed by atoms with van der Waals surface area (Å²) in [4.78, 5) is 14.2. The van der Waals surface area contributed by atoms with Crippen LogP contribution in [0.1, 0.15) is 11.1 Å². The molecule has 0 spiro atoms. The van der Waals surface area contributed by atoms with Crippen molar-refractivity contribution in [1.29, 1.82) is 0 Å². The van der Waals surface area contributed by atoms with Crippen LogP contribution < -0.4 is 9.80 Å². The lowest BCUT2D eigenvalue weighted by Crippen LogP contribution is -2.46. The third kappa shape index (κ3) is 3.04. The number of benzene rings is 2. The standard InChI is InChI=1S/C20H19FN4S2/c1-12-9-13(2)18-17(10-12)27-20(23-18)25-7-5-24(6-8-25)19-22-15-4-3-14(21)11-16(15)26-19/h3-4,9-11H,5-8H2,1-2H3. The van der Waals surface area contributed by atoms with E-state index in [9.17, 15) is 4.39 Å². The predicted molar refractivity (Wildman–Crippen MR) is 113 cm³/mol. The van der Waals surface area contributed by atoms with Crippen molar-refractivity contribution >= 4 is 53.4 Å². The maximum atomic E-state index is 13.4. The second-order valence-corrected chi connectivity index (χ2v) is 9.03. The van der Waals surface area contributed by atoms with Crippen molar-refractivity contribution in [3.63, 3.8) is 0 Å². The van der Waals surface area contributed by atoms with Crippen molar-refractivity contribution in [2.45, 2.75) is 13.8 Å². The molecule has 2 aromatic heterocycles. The number of aromatic nitrogens is 2. The summed E-state index contributed by atoms with van der Waals surface area (Å²) < 4.78 is 15.6. The Kier molecular flexibility index (Phi) is 4.02. The van der Waals surface area contributed by atoms with Gasteiger partial charge < -0.3 is 9.80 Å². The minimum atomic E-state index is -0.205. The fraction of sp³-hybridized carbons (Fsp3) is 0.300. The first-order valence-corrected chi connectivity index (χ1v) is 10.6. The Morgan fingerprint density at radius 3 is 2.26 bits per heavy atom. The van der Waals surface area contributed by atoms with Gasteiger partial charge in [0.05, 0.1) is 20.4 Å².